The van der Waals surface area contributed by atoms with Gasteiger partial charge in [0, 0.05) is 32.1 Å². The van der Waals surface area contributed by atoms with Gasteiger partial charge in [-0.05, 0) is 49.9 Å². The Morgan fingerprint density at radius 3 is 2.64 bits per heavy atom. The maximum absolute atomic E-state index is 13.2. The van der Waals surface area contributed by atoms with Gasteiger partial charge in [-0.2, -0.15) is 0 Å². The topological polar surface area (TPSA) is 82.7 Å². The minimum atomic E-state index is -0.711. The number of nitrogens with zero attached hydrogens (tertiary/aromatic N) is 4. The summed E-state index contributed by atoms with van der Waals surface area (Å²) < 4.78 is 5.33. The van der Waals surface area contributed by atoms with E-state index in [1.807, 2.05) is 11.0 Å². The van der Waals surface area contributed by atoms with Crippen LogP contribution in [0.15, 0.2) is 34.9 Å². The van der Waals surface area contributed by atoms with Crippen molar-refractivity contribution in [3.63, 3.8) is 0 Å². The van der Waals surface area contributed by atoms with E-state index in [0.29, 0.717) is 24.4 Å². The first kappa shape index (κ1) is 18.9. The van der Waals surface area contributed by atoms with Gasteiger partial charge in [0.2, 0.25) is 0 Å². The number of aromatic nitrogens is 2. The first-order valence-electron chi connectivity index (χ1n) is 10.3. The van der Waals surface area contributed by atoms with Gasteiger partial charge in [-0.15, -0.1) is 10.2 Å². The number of carbonyl (C=O) groups is 1. The highest BCUT2D eigenvalue weighted by Crippen LogP contribution is 2.28. The molecule has 2 fully saturated rings. The average molecular weight is 384 g/mol. The van der Waals surface area contributed by atoms with E-state index in [4.69, 9.17) is 4.42 Å². The fourth-order valence-electron chi connectivity index (χ4n) is 4.25. The van der Waals surface area contributed by atoms with E-state index in [-0.39, 0.29) is 11.9 Å². The number of hydrogen-bond acceptors (Lipinski definition) is 6. The minimum absolute atomic E-state index is 0.0323. The van der Waals surface area contributed by atoms with Crippen LogP contribution < -0.4 is 4.90 Å². The van der Waals surface area contributed by atoms with E-state index >= 15 is 0 Å². The van der Waals surface area contributed by atoms with Crippen LogP contribution in [-0.2, 0) is 0 Å². The number of anilines is 1. The lowest BCUT2D eigenvalue weighted by Crippen LogP contribution is -2.41. The molecule has 2 atom stereocenters. The van der Waals surface area contributed by atoms with Gasteiger partial charge in [0.25, 0.3) is 5.91 Å². The molecule has 0 spiro atoms. The second kappa shape index (κ2) is 8.73. The summed E-state index contributed by atoms with van der Waals surface area (Å²) >= 11 is 0. The van der Waals surface area contributed by atoms with Crippen molar-refractivity contribution in [3.05, 3.63) is 42.0 Å². The van der Waals surface area contributed by atoms with Crippen LogP contribution in [0.4, 0.5) is 5.82 Å². The molecule has 2 aromatic rings. The fourth-order valence-corrected chi connectivity index (χ4v) is 4.25. The van der Waals surface area contributed by atoms with Crippen LogP contribution in [0.3, 0.4) is 0 Å². The van der Waals surface area contributed by atoms with Crippen molar-refractivity contribution < 1.29 is 14.3 Å². The molecule has 7 heteroatoms. The number of rotatable bonds is 5. The molecule has 0 aliphatic carbocycles. The van der Waals surface area contributed by atoms with Gasteiger partial charge in [0.05, 0.1) is 6.26 Å². The zero-order chi connectivity index (χ0) is 19.3. The lowest BCUT2D eigenvalue weighted by atomic mass is 10.0. The molecule has 2 saturated heterocycles. The summed E-state index contributed by atoms with van der Waals surface area (Å²) in [6.07, 6.45) is 7.67. The van der Waals surface area contributed by atoms with Gasteiger partial charge in [0.15, 0.2) is 11.5 Å². The van der Waals surface area contributed by atoms with E-state index in [0.717, 1.165) is 44.6 Å². The summed E-state index contributed by atoms with van der Waals surface area (Å²) in [5.74, 6) is 1.29. The van der Waals surface area contributed by atoms with E-state index in [1.54, 1.807) is 24.5 Å². The van der Waals surface area contributed by atoms with Gasteiger partial charge in [0.1, 0.15) is 11.9 Å². The number of likely N-dealkylation sites (tertiary alicyclic amines) is 1. The third-order valence-corrected chi connectivity index (χ3v) is 5.80. The first-order chi connectivity index (χ1) is 13.7. The molecule has 4 rings (SSSR count). The van der Waals surface area contributed by atoms with Crippen LogP contribution in [0.1, 0.15) is 67.3 Å². The fraction of sp³-hybridized carbons (Fsp3) is 0.571. The molecular formula is C21H28N4O3. The van der Waals surface area contributed by atoms with Gasteiger partial charge in [-0.1, -0.05) is 12.8 Å². The maximum Gasteiger partial charge on any atom is 0.274 e. The van der Waals surface area contributed by atoms with Gasteiger partial charge < -0.3 is 19.3 Å². The molecule has 0 aromatic carbocycles. The van der Waals surface area contributed by atoms with Gasteiger partial charge >= 0.3 is 0 Å². The predicted octanol–water partition coefficient (Wildman–Crippen LogP) is 3.18. The molecule has 150 valence electrons. The first-order valence-corrected chi connectivity index (χ1v) is 10.3. The van der Waals surface area contributed by atoms with Crippen LogP contribution >= 0.6 is 0 Å². The number of amides is 1. The van der Waals surface area contributed by atoms with Crippen molar-refractivity contribution in [2.24, 2.45) is 0 Å². The summed E-state index contributed by atoms with van der Waals surface area (Å²) in [5.41, 5.74) is 0.377. The largest absolute Gasteiger partial charge is 0.467 e. The zero-order valence-electron chi connectivity index (χ0n) is 16.2. The molecule has 1 N–H and O–H groups in total. The lowest BCUT2D eigenvalue weighted by Gasteiger charge is -2.31. The minimum Gasteiger partial charge on any atom is -0.467 e. The van der Waals surface area contributed by atoms with Crippen LogP contribution in [0.25, 0.3) is 0 Å². The van der Waals surface area contributed by atoms with E-state index in [9.17, 15) is 9.90 Å². The number of furan rings is 1. The molecule has 1 amide bonds. The Balaban J connectivity index is 1.47. The monoisotopic (exact) mass is 384 g/mol. The molecule has 28 heavy (non-hydrogen) atoms. The van der Waals surface area contributed by atoms with Crippen LogP contribution in [0.2, 0.25) is 0 Å². The Labute approximate surface area is 165 Å². The standard InChI is InChI=1S/C21H28N4O3/c26-18(19-8-6-14-28-19)15-16-7-2-1-3-13-25(16)21(27)17-9-10-20(23-22-17)24-11-4-5-12-24/h6,8-10,14,16,18,26H,1-5,7,11-13,15H2/t16-,18-/m1/s1. The van der Waals surface area contributed by atoms with Crippen molar-refractivity contribution in [2.45, 2.75) is 57.1 Å². The Kier molecular flexibility index (Phi) is 5.90. The highest BCUT2D eigenvalue weighted by Gasteiger charge is 2.30. The highest BCUT2D eigenvalue weighted by atomic mass is 16.4. The predicted molar refractivity (Wildman–Crippen MR) is 105 cm³/mol. The molecule has 2 aromatic heterocycles. The smallest absolute Gasteiger partial charge is 0.274 e. The quantitative estimate of drug-likeness (QED) is 0.853. The van der Waals surface area contributed by atoms with Crippen LogP contribution in [0, 0.1) is 0 Å². The van der Waals surface area contributed by atoms with E-state index < -0.39 is 6.10 Å². The van der Waals surface area contributed by atoms with Gasteiger partial charge in [-0.25, -0.2) is 0 Å². The molecule has 2 aliphatic rings. The highest BCUT2D eigenvalue weighted by molar-refractivity contribution is 5.92. The molecule has 2 aliphatic heterocycles. The normalized spacial score (nSPS) is 21.5. The third kappa shape index (κ3) is 4.19. The van der Waals surface area contributed by atoms with Crippen molar-refractivity contribution in [3.8, 4) is 0 Å². The Morgan fingerprint density at radius 2 is 1.93 bits per heavy atom. The van der Waals surface area contributed by atoms with Crippen molar-refractivity contribution >= 4 is 11.7 Å². The van der Waals surface area contributed by atoms with Crippen LogP contribution in [-0.4, -0.2) is 51.8 Å². The SMILES string of the molecule is O=C(c1ccc(N2CCCC2)nn1)N1CCCCC[C@@H]1C[C@@H](O)c1ccco1. The Morgan fingerprint density at radius 1 is 1.11 bits per heavy atom. The second-order valence-electron chi connectivity index (χ2n) is 7.74. The molecular weight excluding hydrogens is 356 g/mol. The molecule has 0 unspecified atom stereocenters. The number of aliphatic hydroxyl groups excluding tert-OH is 1. The van der Waals surface area contributed by atoms with Crippen LogP contribution in [0.5, 0.6) is 0 Å². The molecule has 0 bridgehead atoms. The van der Waals surface area contributed by atoms with E-state index in [1.165, 1.54) is 12.8 Å². The Bertz CT molecular complexity index is 756. The summed E-state index contributed by atoms with van der Waals surface area (Å²) in [4.78, 5) is 17.2. The number of aliphatic hydroxyl groups is 1. The third-order valence-electron chi connectivity index (χ3n) is 5.80. The lowest BCUT2D eigenvalue weighted by molar-refractivity contribution is 0.0551. The maximum atomic E-state index is 13.2. The summed E-state index contributed by atoms with van der Waals surface area (Å²) in [6, 6.07) is 7.20. The number of carbonyl (C=O) groups excluding carboxylic acids is 1. The Hall–Kier alpha value is -2.41. The zero-order valence-corrected chi connectivity index (χ0v) is 16.2. The molecule has 0 saturated carbocycles. The summed E-state index contributed by atoms with van der Waals surface area (Å²) in [7, 11) is 0. The van der Waals surface area contributed by atoms with E-state index in [2.05, 4.69) is 15.1 Å². The average Bonchev–Trinajstić information content (AvgIpc) is 3.40. The second-order valence-corrected chi connectivity index (χ2v) is 7.74. The van der Waals surface area contributed by atoms with Crippen molar-refractivity contribution in [2.75, 3.05) is 24.5 Å². The molecule has 4 heterocycles. The summed E-state index contributed by atoms with van der Waals surface area (Å²) in [5, 5.41) is 19.0. The molecule has 7 nitrogen and oxygen atoms in total. The number of hydrogen-bond donors (Lipinski definition) is 1. The van der Waals surface area contributed by atoms with Gasteiger partial charge in [-0.3, -0.25) is 4.79 Å². The van der Waals surface area contributed by atoms with Crippen molar-refractivity contribution in [1.29, 1.82) is 0 Å². The molecule has 0 radical (unpaired) electrons. The summed E-state index contributed by atoms with van der Waals surface area (Å²) in [6.45, 7) is 2.69. The van der Waals surface area contributed by atoms with Crippen molar-refractivity contribution in [1.82, 2.24) is 15.1 Å².